The first-order chi connectivity index (χ1) is 5.93. The molecule has 0 unspecified atom stereocenters. The van der Waals surface area contributed by atoms with Crippen LogP contribution in [0.2, 0.25) is 0 Å². The highest BCUT2D eigenvalue weighted by Gasteiger charge is 1.88. The summed E-state index contributed by atoms with van der Waals surface area (Å²) >= 11 is 4.45. The molecule has 0 aliphatic carbocycles. The van der Waals surface area contributed by atoms with Crippen LogP contribution >= 0.6 is 12.2 Å². The largest absolute Gasteiger partial charge is 0.337 e. The van der Waals surface area contributed by atoms with Crippen molar-refractivity contribution in [3.8, 4) is 0 Å². The lowest BCUT2D eigenvalue weighted by Gasteiger charge is -1.98. The average molecular weight is 181 g/mol. The zero-order valence-electron chi connectivity index (χ0n) is 6.81. The van der Waals surface area contributed by atoms with Crippen LogP contribution in [0.3, 0.4) is 0 Å². The second-order valence-electron chi connectivity index (χ2n) is 2.48. The Kier molecular flexibility index (Phi) is 4.27. The van der Waals surface area contributed by atoms with Gasteiger partial charge in [0.15, 0.2) is 0 Å². The summed E-state index contributed by atoms with van der Waals surface area (Å²) in [6.07, 6.45) is 7.73. The molecule has 0 amide bonds. The number of imidazole rings is 1. The van der Waals surface area contributed by atoms with Gasteiger partial charge in [-0.2, -0.15) is 0 Å². The summed E-state index contributed by atoms with van der Waals surface area (Å²) in [5, 5.41) is 2.35. The lowest BCUT2D eigenvalue weighted by Crippen LogP contribution is -1.94. The van der Waals surface area contributed by atoms with Gasteiger partial charge in [-0.3, -0.25) is 0 Å². The highest BCUT2D eigenvalue weighted by molar-refractivity contribution is 7.78. The average Bonchev–Trinajstić information content (AvgIpc) is 2.57. The Bertz CT molecular complexity index is 249. The van der Waals surface area contributed by atoms with E-state index in [4.69, 9.17) is 0 Å². The summed E-state index contributed by atoms with van der Waals surface area (Å²) < 4.78 is 2.06. The van der Waals surface area contributed by atoms with Gasteiger partial charge in [-0.05, 0) is 25.1 Å². The number of unbranched alkanes of at least 4 members (excludes halogenated alkanes) is 1. The fraction of sp³-hybridized carbons (Fsp3) is 0.500. The number of hydrogen-bond acceptors (Lipinski definition) is 3. The molecule has 0 bridgehead atoms. The maximum absolute atomic E-state index is 4.45. The van der Waals surface area contributed by atoms with Crippen LogP contribution in [-0.4, -0.2) is 21.3 Å². The summed E-state index contributed by atoms with van der Waals surface area (Å²) in [6.45, 7) is 1.80. The van der Waals surface area contributed by atoms with Crippen LogP contribution in [0.25, 0.3) is 0 Å². The number of hydrogen-bond donors (Lipinski definition) is 0. The van der Waals surface area contributed by atoms with E-state index in [0.717, 1.165) is 25.9 Å². The molecule has 0 atom stereocenters. The summed E-state index contributed by atoms with van der Waals surface area (Å²) in [5.74, 6) is 0. The summed E-state index contributed by atoms with van der Waals surface area (Å²) in [7, 11) is 0. The van der Waals surface area contributed by atoms with Gasteiger partial charge in [-0.25, -0.2) is 9.98 Å². The standard InChI is InChI=1S/C8H11N3S/c12-8-10-3-1-2-5-11-6-4-9-7-11/h4,6-7H,1-3,5H2. The zero-order chi connectivity index (χ0) is 8.65. The molecule has 0 aromatic carbocycles. The molecule has 0 radical (unpaired) electrons. The SMILES string of the molecule is S=C=NCCCCn1ccnc1. The first-order valence-corrected chi connectivity index (χ1v) is 4.33. The molecule has 0 saturated heterocycles. The van der Waals surface area contributed by atoms with Crippen molar-refractivity contribution in [2.24, 2.45) is 4.99 Å². The molecule has 4 heteroatoms. The molecule has 1 aromatic rings. The Morgan fingerprint density at radius 3 is 3.08 bits per heavy atom. The predicted octanol–water partition coefficient (Wildman–Crippen LogP) is 1.77. The van der Waals surface area contributed by atoms with Gasteiger partial charge in [0.25, 0.3) is 0 Å². The van der Waals surface area contributed by atoms with E-state index in [1.54, 1.807) is 6.20 Å². The van der Waals surface area contributed by atoms with Crippen LogP contribution in [0.1, 0.15) is 12.8 Å². The van der Waals surface area contributed by atoms with Crippen LogP contribution in [0.4, 0.5) is 0 Å². The molecule has 1 heterocycles. The van der Waals surface area contributed by atoms with Gasteiger partial charge in [0, 0.05) is 25.5 Å². The fourth-order valence-electron chi connectivity index (χ4n) is 0.950. The molecule has 1 aromatic heterocycles. The maximum atomic E-state index is 4.45. The Morgan fingerprint density at radius 2 is 2.42 bits per heavy atom. The third-order valence-electron chi connectivity index (χ3n) is 1.56. The van der Waals surface area contributed by atoms with Gasteiger partial charge >= 0.3 is 0 Å². The molecule has 3 nitrogen and oxygen atoms in total. The van der Waals surface area contributed by atoms with E-state index in [1.807, 2.05) is 12.5 Å². The van der Waals surface area contributed by atoms with Crippen molar-refractivity contribution >= 4 is 17.4 Å². The molecule has 64 valence electrons. The lowest BCUT2D eigenvalue weighted by atomic mass is 10.3. The molecule has 0 saturated carbocycles. The van der Waals surface area contributed by atoms with E-state index < -0.39 is 0 Å². The number of thiocarbonyl (C=S) groups is 1. The molecule has 0 aliphatic rings. The Morgan fingerprint density at radius 1 is 1.50 bits per heavy atom. The molecule has 0 fully saturated rings. The highest BCUT2D eigenvalue weighted by Crippen LogP contribution is 1.94. The molecule has 0 aliphatic heterocycles. The summed E-state index contributed by atoms with van der Waals surface area (Å²) in [6, 6.07) is 0. The smallest absolute Gasteiger partial charge is 0.0945 e. The third kappa shape index (κ3) is 3.42. The van der Waals surface area contributed by atoms with Crippen molar-refractivity contribution in [3.05, 3.63) is 18.7 Å². The Hall–Kier alpha value is -0.990. The van der Waals surface area contributed by atoms with Gasteiger partial charge in [-0.1, -0.05) is 0 Å². The van der Waals surface area contributed by atoms with E-state index in [9.17, 15) is 0 Å². The highest BCUT2D eigenvalue weighted by atomic mass is 32.1. The van der Waals surface area contributed by atoms with Crippen molar-refractivity contribution in [2.45, 2.75) is 19.4 Å². The molecular weight excluding hydrogens is 170 g/mol. The monoisotopic (exact) mass is 181 g/mol. The maximum Gasteiger partial charge on any atom is 0.0945 e. The molecule has 0 spiro atoms. The molecular formula is C8H11N3S. The van der Waals surface area contributed by atoms with Crippen molar-refractivity contribution in [1.82, 2.24) is 9.55 Å². The molecule has 1 rings (SSSR count). The van der Waals surface area contributed by atoms with E-state index in [2.05, 4.69) is 31.9 Å². The van der Waals surface area contributed by atoms with Crippen molar-refractivity contribution in [3.63, 3.8) is 0 Å². The molecule has 12 heavy (non-hydrogen) atoms. The number of rotatable bonds is 5. The topological polar surface area (TPSA) is 30.2 Å². The van der Waals surface area contributed by atoms with E-state index in [0.29, 0.717) is 0 Å². The second-order valence-corrected chi connectivity index (χ2v) is 2.66. The first-order valence-electron chi connectivity index (χ1n) is 3.93. The van der Waals surface area contributed by atoms with Crippen molar-refractivity contribution in [1.29, 1.82) is 0 Å². The minimum Gasteiger partial charge on any atom is -0.337 e. The van der Waals surface area contributed by atoms with E-state index >= 15 is 0 Å². The number of aryl methyl sites for hydroxylation is 1. The van der Waals surface area contributed by atoms with Gasteiger partial charge in [-0.15, -0.1) is 0 Å². The van der Waals surface area contributed by atoms with Crippen LogP contribution in [-0.2, 0) is 6.54 Å². The van der Waals surface area contributed by atoms with E-state index in [1.165, 1.54) is 0 Å². The quantitative estimate of drug-likeness (QED) is 0.393. The summed E-state index contributed by atoms with van der Waals surface area (Å²) in [4.78, 5) is 7.78. The number of nitrogens with zero attached hydrogens (tertiary/aromatic N) is 3. The normalized spacial score (nSPS) is 9.33. The fourth-order valence-corrected chi connectivity index (χ4v) is 1.04. The molecule has 0 N–H and O–H groups in total. The third-order valence-corrected chi connectivity index (χ3v) is 1.69. The van der Waals surface area contributed by atoms with Gasteiger partial charge < -0.3 is 4.57 Å². The number of aliphatic imine (C=N–C) groups is 1. The summed E-state index contributed by atoms with van der Waals surface area (Å²) in [5.41, 5.74) is 0. The van der Waals surface area contributed by atoms with Gasteiger partial charge in [0.2, 0.25) is 0 Å². The lowest BCUT2D eigenvalue weighted by molar-refractivity contribution is 0.615. The predicted molar refractivity (Wildman–Crippen MR) is 51.4 cm³/mol. The second kappa shape index (κ2) is 5.63. The Labute approximate surface area is 77.1 Å². The van der Waals surface area contributed by atoms with Gasteiger partial charge in [0.1, 0.15) is 0 Å². The first kappa shape index (κ1) is 9.10. The van der Waals surface area contributed by atoms with Crippen LogP contribution < -0.4 is 0 Å². The Balaban J connectivity index is 2.07. The van der Waals surface area contributed by atoms with Crippen LogP contribution in [0.5, 0.6) is 0 Å². The number of aromatic nitrogens is 2. The minimum atomic E-state index is 0.790. The minimum absolute atomic E-state index is 0.790. The number of isothiocyanates is 1. The van der Waals surface area contributed by atoms with Crippen molar-refractivity contribution < 1.29 is 0 Å². The van der Waals surface area contributed by atoms with Crippen molar-refractivity contribution in [2.75, 3.05) is 6.54 Å². The van der Waals surface area contributed by atoms with E-state index in [-0.39, 0.29) is 0 Å². The zero-order valence-corrected chi connectivity index (χ0v) is 7.63. The van der Waals surface area contributed by atoms with Gasteiger partial charge in [0.05, 0.1) is 11.5 Å². The van der Waals surface area contributed by atoms with Crippen LogP contribution in [0.15, 0.2) is 23.7 Å². The van der Waals surface area contributed by atoms with Crippen LogP contribution in [0, 0.1) is 0 Å².